The Kier molecular flexibility index (Phi) is 5.15. The average molecular weight is 364 g/mol. The van der Waals surface area contributed by atoms with Gasteiger partial charge in [0.1, 0.15) is 0 Å². The third kappa shape index (κ3) is 4.74. The third-order valence-corrected chi connectivity index (χ3v) is 4.36. The molecule has 1 saturated carbocycles. The summed E-state index contributed by atoms with van der Waals surface area (Å²) in [6, 6.07) is 12.6. The Labute approximate surface area is 149 Å². The van der Waals surface area contributed by atoms with Gasteiger partial charge in [0.25, 0.3) is 0 Å². The molecule has 2 aromatic rings. The van der Waals surface area contributed by atoms with E-state index in [0.29, 0.717) is 5.56 Å². The predicted molar refractivity (Wildman–Crippen MR) is 89.6 cm³/mol. The number of hydrogen-bond acceptors (Lipinski definition) is 3. The van der Waals surface area contributed by atoms with E-state index < -0.39 is 12.8 Å². The Morgan fingerprint density at radius 1 is 1.27 bits per heavy atom. The normalized spacial score (nSPS) is 20.3. The minimum atomic E-state index is -4.40. The zero-order chi connectivity index (χ0) is 18.7. The van der Waals surface area contributed by atoms with Crippen molar-refractivity contribution in [2.24, 2.45) is 5.92 Å². The van der Waals surface area contributed by atoms with Crippen molar-refractivity contribution in [3.8, 4) is 5.88 Å². The summed E-state index contributed by atoms with van der Waals surface area (Å²) >= 11 is 0. The lowest BCUT2D eigenvalue weighted by molar-refractivity contribution is -0.154. The number of benzene rings is 1. The summed E-state index contributed by atoms with van der Waals surface area (Å²) in [5.74, 6) is 0.0848. The number of carbonyl (C=O) groups excluding carboxylic acids is 1. The lowest BCUT2D eigenvalue weighted by Gasteiger charge is -2.15. The van der Waals surface area contributed by atoms with E-state index in [1.165, 1.54) is 12.3 Å². The molecule has 3 rings (SSSR count). The molecule has 1 aromatic carbocycles. The molecule has 1 N–H and O–H groups in total. The van der Waals surface area contributed by atoms with Crippen LogP contribution in [0.25, 0.3) is 0 Å². The molecule has 1 heterocycles. The summed E-state index contributed by atoms with van der Waals surface area (Å²) in [6.07, 6.45) is -2.16. The molecule has 138 valence electrons. The molecule has 0 bridgehead atoms. The standard InChI is InChI=1S/C19H19F3N2O2/c1-12(14-7-8-17(23-10-14)26-11-19(20,21)22)24-18(25)16-9-15(16)13-5-3-2-4-6-13/h2-8,10,12,15-16H,9,11H2,1H3,(H,24,25)/t12-,15+,16-/m1/s1. The number of nitrogens with zero attached hydrogens (tertiary/aromatic N) is 1. The van der Waals surface area contributed by atoms with Gasteiger partial charge in [0, 0.05) is 18.2 Å². The van der Waals surface area contributed by atoms with Crippen LogP contribution < -0.4 is 10.1 Å². The van der Waals surface area contributed by atoms with E-state index in [1.807, 2.05) is 37.3 Å². The van der Waals surface area contributed by atoms with Crippen molar-refractivity contribution in [1.29, 1.82) is 0 Å². The Bertz CT molecular complexity index is 748. The van der Waals surface area contributed by atoms with Gasteiger partial charge in [0.2, 0.25) is 11.8 Å². The monoisotopic (exact) mass is 364 g/mol. The van der Waals surface area contributed by atoms with Crippen LogP contribution in [0.5, 0.6) is 5.88 Å². The summed E-state index contributed by atoms with van der Waals surface area (Å²) in [5.41, 5.74) is 1.86. The smallest absolute Gasteiger partial charge is 0.422 e. The van der Waals surface area contributed by atoms with E-state index in [9.17, 15) is 18.0 Å². The van der Waals surface area contributed by atoms with E-state index in [2.05, 4.69) is 15.0 Å². The fraction of sp³-hybridized carbons (Fsp3) is 0.368. The predicted octanol–water partition coefficient (Wildman–Crippen LogP) is 4.00. The lowest BCUT2D eigenvalue weighted by atomic mass is 10.1. The molecule has 3 atom stereocenters. The van der Waals surface area contributed by atoms with Crippen LogP contribution in [-0.4, -0.2) is 23.7 Å². The fourth-order valence-corrected chi connectivity index (χ4v) is 2.85. The highest BCUT2D eigenvalue weighted by molar-refractivity contribution is 5.83. The van der Waals surface area contributed by atoms with Crippen LogP contribution in [0.4, 0.5) is 13.2 Å². The first kappa shape index (κ1) is 18.2. The van der Waals surface area contributed by atoms with E-state index in [1.54, 1.807) is 6.07 Å². The zero-order valence-electron chi connectivity index (χ0n) is 14.2. The van der Waals surface area contributed by atoms with Gasteiger partial charge < -0.3 is 10.1 Å². The maximum atomic E-state index is 12.4. The van der Waals surface area contributed by atoms with Crippen molar-refractivity contribution in [2.45, 2.75) is 31.5 Å². The molecule has 0 radical (unpaired) electrons. The summed E-state index contributed by atoms with van der Waals surface area (Å²) < 4.78 is 41.0. The van der Waals surface area contributed by atoms with E-state index in [0.717, 1.165) is 12.0 Å². The van der Waals surface area contributed by atoms with Crippen molar-refractivity contribution < 1.29 is 22.7 Å². The quantitative estimate of drug-likeness (QED) is 0.843. The van der Waals surface area contributed by atoms with E-state index in [-0.39, 0.29) is 29.7 Å². The maximum Gasteiger partial charge on any atom is 0.422 e. The fourth-order valence-electron chi connectivity index (χ4n) is 2.85. The van der Waals surface area contributed by atoms with Crippen LogP contribution in [0.3, 0.4) is 0 Å². The van der Waals surface area contributed by atoms with Crippen LogP contribution in [-0.2, 0) is 4.79 Å². The van der Waals surface area contributed by atoms with Gasteiger partial charge in [-0.05, 0) is 30.4 Å². The minimum absolute atomic E-state index is 0.0243. The Morgan fingerprint density at radius 3 is 2.62 bits per heavy atom. The third-order valence-electron chi connectivity index (χ3n) is 4.36. The van der Waals surface area contributed by atoms with Gasteiger partial charge in [0.15, 0.2) is 6.61 Å². The average Bonchev–Trinajstić information content (AvgIpc) is 3.41. The number of nitrogens with one attached hydrogen (secondary N) is 1. The van der Waals surface area contributed by atoms with Gasteiger partial charge in [-0.3, -0.25) is 4.79 Å². The minimum Gasteiger partial charge on any atom is -0.468 e. The summed E-state index contributed by atoms with van der Waals surface area (Å²) in [7, 11) is 0. The number of hydrogen-bond donors (Lipinski definition) is 1. The molecule has 1 aromatic heterocycles. The molecular formula is C19H19F3N2O2. The number of rotatable bonds is 6. The number of halogens is 3. The molecule has 1 amide bonds. The lowest BCUT2D eigenvalue weighted by Crippen LogP contribution is -2.28. The number of aromatic nitrogens is 1. The SMILES string of the molecule is C[C@@H](NC(=O)[C@@H]1C[C@H]1c1ccccc1)c1ccc(OCC(F)(F)F)nc1. The molecule has 1 aliphatic rings. The highest BCUT2D eigenvalue weighted by Crippen LogP contribution is 2.47. The molecule has 0 unspecified atom stereocenters. The number of pyridine rings is 1. The Morgan fingerprint density at radius 2 is 2.00 bits per heavy atom. The summed E-state index contributed by atoms with van der Waals surface area (Å²) in [5, 5.41) is 2.93. The van der Waals surface area contributed by atoms with Crippen LogP contribution >= 0.6 is 0 Å². The van der Waals surface area contributed by atoms with Gasteiger partial charge in [-0.2, -0.15) is 13.2 Å². The topological polar surface area (TPSA) is 51.2 Å². The van der Waals surface area contributed by atoms with Gasteiger partial charge in [-0.15, -0.1) is 0 Å². The highest BCUT2D eigenvalue weighted by atomic mass is 19.4. The highest BCUT2D eigenvalue weighted by Gasteiger charge is 2.44. The van der Waals surface area contributed by atoms with Crippen LogP contribution in [0.15, 0.2) is 48.7 Å². The van der Waals surface area contributed by atoms with Crippen molar-refractivity contribution in [3.05, 3.63) is 59.8 Å². The molecule has 26 heavy (non-hydrogen) atoms. The molecule has 4 nitrogen and oxygen atoms in total. The molecule has 0 saturated heterocycles. The number of amides is 1. The van der Waals surface area contributed by atoms with Gasteiger partial charge >= 0.3 is 6.18 Å². The van der Waals surface area contributed by atoms with Gasteiger partial charge in [-0.1, -0.05) is 36.4 Å². The Hall–Kier alpha value is -2.57. The van der Waals surface area contributed by atoms with Crippen LogP contribution in [0.1, 0.15) is 36.4 Å². The first-order valence-electron chi connectivity index (χ1n) is 8.34. The zero-order valence-corrected chi connectivity index (χ0v) is 14.2. The number of alkyl halides is 3. The summed E-state index contributed by atoms with van der Waals surface area (Å²) in [6.45, 7) is 0.430. The van der Waals surface area contributed by atoms with Crippen molar-refractivity contribution in [3.63, 3.8) is 0 Å². The Balaban J connectivity index is 1.52. The largest absolute Gasteiger partial charge is 0.468 e. The number of carbonyl (C=O) groups is 1. The second kappa shape index (κ2) is 7.35. The molecule has 0 spiro atoms. The van der Waals surface area contributed by atoms with Gasteiger partial charge in [0.05, 0.1) is 6.04 Å². The summed E-state index contributed by atoms with van der Waals surface area (Å²) in [4.78, 5) is 16.2. The second-order valence-electron chi connectivity index (χ2n) is 6.42. The number of ether oxygens (including phenoxy) is 1. The van der Waals surface area contributed by atoms with E-state index in [4.69, 9.17) is 0 Å². The van der Waals surface area contributed by atoms with E-state index >= 15 is 0 Å². The maximum absolute atomic E-state index is 12.4. The van der Waals surface area contributed by atoms with Crippen LogP contribution in [0, 0.1) is 5.92 Å². The van der Waals surface area contributed by atoms with Crippen LogP contribution in [0.2, 0.25) is 0 Å². The first-order valence-corrected chi connectivity index (χ1v) is 8.34. The molecular weight excluding hydrogens is 345 g/mol. The van der Waals surface area contributed by atoms with Crippen molar-refractivity contribution in [2.75, 3.05) is 6.61 Å². The molecule has 1 aliphatic carbocycles. The molecule has 7 heteroatoms. The van der Waals surface area contributed by atoms with Gasteiger partial charge in [-0.25, -0.2) is 4.98 Å². The van der Waals surface area contributed by atoms with Crippen molar-refractivity contribution >= 4 is 5.91 Å². The molecule has 1 fully saturated rings. The first-order chi connectivity index (χ1) is 12.3. The molecule has 0 aliphatic heterocycles. The van der Waals surface area contributed by atoms with Crippen molar-refractivity contribution in [1.82, 2.24) is 10.3 Å². The second-order valence-corrected chi connectivity index (χ2v) is 6.42.